The molecule has 1 saturated heterocycles. The number of nitrogens with zero attached hydrogens (tertiary/aromatic N) is 3. The Morgan fingerprint density at radius 2 is 1.69 bits per heavy atom. The van der Waals surface area contributed by atoms with Gasteiger partial charge in [-0.2, -0.15) is 4.31 Å². The summed E-state index contributed by atoms with van der Waals surface area (Å²) in [5, 5.41) is 3.59. The number of hydrogen-bond acceptors (Lipinski definition) is 5. The minimum absolute atomic E-state index is 0.137. The van der Waals surface area contributed by atoms with Crippen LogP contribution in [0.5, 0.6) is 0 Å². The second-order valence-electron chi connectivity index (χ2n) is 8.84. The third-order valence-corrected chi connectivity index (χ3v) is 9.26. The number of anilines is 1. The minimum Gasteiger partial charge on any atom is -0.325 e. The predicted molar refractivity (Wildman–Crippen MR) is 144 cm³/mol. The van der Waals surface area contributed by atoms with Gasteiger partial charge in [-0.25, -0.2) is 13.4 Å². The number of rotatable bonds is 7. The topological polar surface area (TPSA) is 84.3 Å². The highest BCUT2D eigenvalue weighted by Gasteiger charge is 2.27. The Labute approximate surface area is 215 Å². The van der Waals surface area contributed by atoms with Gasteiger partial charge in [-0.1, -0.05) is 54.6 Å². The lowest BCUT2D eigenvalue weighted by molar-refractivity contribution is -0.113. The van der Waals surface area contributed by atoms with E-state index in [4.69, 9.17) is 4.98 Å². The molecule has 0 unspecified atom stereocenters. The van der Waals surface area contributed by atoms with Crippen molar-refractivity contribution in [2.75, 3.05) is 24.2 Å². The van der Waals surface area contributed by atoms with Crippen molar-refractivity contribution in [2.45, 2.75) is 36.2 Å². The van der Waals surface area contributed by atoms with Crippen molar-refractivity contribution in [3.63, 3.8) is 0 Å². The first kappa shape index (κ1) is 24.5. The lowest BCUT2D eigenvalue weighted by Crippen LogP contribution is -2.36. The van der Waals surface area contributed by atoms with Crippen LogP contribution in [0.15, 0.2) is 82.8 Å². The van der Waals surface area contributed by atoms with Gasteiger partial charge < -0.3 is 5.32 Å². The highest BCUT2D eigenvalue weighted by Crippen LogP contribution is 2.29. The summed E-state index contributed by atoms with van der Waals surface area (Å²) in [6, 6.07) is 22.9. The van der Waals surface area contributed by atoms with Crippen LogP contribution in [0.1, 0.15) is 24.8 Å². The highest BCUT2D eigenvalue weighted by molar-refractivity contribution is 7.99. The molecule has 4 aromatic rings. The van der Waals surface area contributed by atoms with Crippen LogP contribution < -0.4 is 5.32 Å². The van der Waals surface area contributed by atoms with Gasteiger partial charge in [-0.05, 0) is 61.7 Å². The quantitative estimate of drug-likeness (QED) is 0.337. The van der Waals surface area contributed by atoms with E-state index in [1.54, 1.807) is 29.4 Å². The predicted octanol–water partition coefficient (Wildman–Crippen LogP) is 5.24. The maximum Gasteiger partial charge on any atom is 0.243 e. The van der Waals surface area contributed by atoms with E-state index in [0.717, 1.165) is 41.1 Å². The molecule has 1 fully saturated rings. The Balaban J connectivity index is 1.34. The van der Waals surface area contributed by atoms with Gasteiger partial charge in [0.15, 0.2) is 5.16 Å². The van der Waals surface area contributed by atoms with Gasteiger partial charge in [0.05, 0.1) is 21.7 Å². The van der Waals surface area contributed by atoms with E-state index in [1.807, 2.05) is 59.2 Å². The zero-order chi connectivity index (χ0) is 25.1. The number of thioether (sulfide) groups is 1. The maximum atomic E-state index is 13.2. The molecule has 1 aliphatic rings. The molecule has 0 bridgehead atoms. The third-order valence-electron chi connectivity index (χ3n) is 6.28. The molecule has 0 atom stereocenters. The number of carbonyl (C=O) groups is 1. The number of benzene rings is 3. The summed E-state index contributed by atoms with van der Waals surface area (Å²) in [5.41, 5.74) is 3.94. The second-order valence-corrected chi connectivity index (χ2v) is 11.7. The molecule has 186 valence electrons. The van der Waals surface area contributed by atoms with Crippen molar-refractivity contribution in [1.82, 2.24) is 13.9 Å². The monoisotopic (exact) mass is 520 g/mol. The molecule has 5 rings (SSSR count). The number of para-hydroxylation sites is 3. The molecule has 0 spiro atoms. The molecule has 7 nitrogen and oxygen atoms in total. The molecule has 36 heavy (non-hydrogen) atoms. The number of amides is 1. The minimum atomic E-state index is -3.59. The van der Waals surface area contributed by atoms with Crippen LogP contribution in [0, 0.1) is 6.92 Å². The zero-order valence-corrected chi connectivity index (χ0v) is 21.7. The van der Waals surface area contributed by atoms with E-state index in [1.165, 1.54) is 11.8 Å². The average Bonchev–Trinajstić information content (AvgIpc) is 3.28. The number of carbonyl (C=O) groups excluding carboxylic acids is 1. The van der Waals surface area contributed by atoms with Gasteiger partial charge in [-0.3, -0.25) is 9.36 Å². The fourth-order valence-corrected chi connectivity index (χ4v) is 7.05. The van der Waals surface area contributed by atoms with Crippen LogP contribution in [0.3, 0.4) is 0 Å². The molecule has 0 aliphatic carbocycles. The van der Waals surface area contributed by atoms with E-state index in [2.05, 4.69) is 5.32 Å². The Morgan fingerprint density at radius 3 is 2.47 bits per heavy atom. The lowest BCUT2D eigenvalue weighted by Gasteiger charge is -2.26. The largest absolute Gasteiger partial charge is 0.325 e. The number of hydrogen-bond donors (Lipinski definition) is 1. The number of sulfonamides is 1. The molecular formula is C27H28N4O3S2. The van der Waals surface area contributed by atoms with E-state index in [9.17, 15) is 13.2 Å². The molecule has 1 aliphatic heterocycles. The fourth-order valence-electron chi connectivity index (χ4n) is 4.45. The molecule has 1 N–H and O–H groups in total. The van der Waals surface area contributed by atoms with Crippen LogP contribution in [0.4, 0.5) is 5.69 Å². The van der Waals surface area contributed by atoms with Gasteiger partial charge in [0.1, 0.15) is 0 Å². The smallest absolute Gasteiger partial charge is 0.243 e. The van der Waals surface area contributed by atoms with Crippen LogP contribution in [-0.2, 0) is 14.8 Å². The van der Waals surface area contributed by atoms with Gasteiger partial charge >= 0.3 is 0 Å². The van der Waals surface area contributed by atoms with Crippen LogP contribution in [0.2, 0.25) is 0 Å². The molecule has 2 heterocycles. The van der Waals surface area contributed by atoms with Gasteiger partial charge in [0, 0.05) is 24.5 Å². The summed E-state index contributed by atoms with van der Waals surface area (Å²) in [6.45, 7) is 2.86. The van der Waals surface area contributed by atoms with E-state index in [0.29, 0.717) is 24.3 Å². The molecular weight excluding hydrogens is 492 g/mol. The number of fused-ring (bicyclic) bond motifs is 1. The first-order chi connectivity index (χ1) is 17.4. The van der Waals surface area contributed by atoms with Crippen molar-refractivity contribution in [2.24, 2.45) is 0 Å². The van der Waals surface area contributed by atoms with Gasteiger partial charge in [0.25, 0.3) is 0 Å². The number of aromatic nitrogens is 2. The Kier molecular flexibility index (Phi) is 7.13. The summed E-state index contributed by atoms with van der Waals surface area (Å²) in [5.74, 6) is -0.0880. The summed E-state index contributed by atoms with van der Waals surface area (Å²) in [6.07, 6.45) is 2.80. The van der Waals surface area contributed by atoms with Crippen molar-refractivity contribution in [1.29, 1.82) is 0 Å². The highest BCUT2D eigenvalue weighted by atomic mass is 32.2. The third kappa shape index (κ3) is 5.04. The standard InChI is InChI=1S/C27H28N4O3S2/c1-20-14-15-21(18-25(20)36(33,34)30-16-8-3-9-17-30)28-26(32)19-35-27-29-23-12-6-7-13-24(23)31(27)22-10-4-2-5-11-22/h2,4-7,10-15,18H,3,8-9,16-17,19H2,1H3,(H,28,32). The molecule has 0 radical (unpaired) electrons. The SMILES string of the molecule is Cc1ccc(NC(=O)CSc2nc3ccccc3n2-c2ccccc2)cc1S(=O)(=O)N1CCCCC1. The Bertz CT molecular complexity index is 1490. The number of piperidine rings is 1. The van der Waals surface area contributed by atoms with Crippen LogP contribution in [0.25, 0.3) is 16.7 Å². The summed E-state index contributed by atoms with van der Waals surface area (Å²) in [7, 11) is -3.59. The van der Waals surface area contributed by atoms with Crippen molar-refractivity contribution < 1.29 is 13.2 Å². The average molecular weight is 521 g/mol. The molecule has 3 aromatic carbocycles. The van der Waals surface area contributed by atoms with Gasteiger partial charge in [0.2, 0.25) is 15.9 Å². The van der Waals surface area contributed by atoms with Crippen molar-refractivity contribution >= 4 is 44.4 Å². The van der Waals surface area contributed by atoms with Crippen molar-refractivity contribution in [3.05, 3.63) is 78.4 Å². The molecule has 1 amide bonds. The number of nitrogens with one attached hydrogen (secondary N) is 1. The van der Waals surface area contributed by atoms with E-state index < -0.39 is 10.0 Å². The second kappa shape index (κ2) is 10.5. The first-order valence-electron chi connectivity index (χ1n) is 12.0. The normalized spacial score (nSPS) is 14.7. The summed E-state index contributed by atoms with van der Waals surface area (Å²) < 4.78 is 30.0. The van der Waals surface area contributed by atoms with E-state index >= 15 is 0 Å². The van der Waals surface area contributed by atoms with E-state index in [-0.39, 0.29) is 16.6 Å². The zero-order valence-electron chi connectivity index (χ0n) is 20.1. The summed E-state index contributed by atoms with van der Waals surface area (Å²) >= 11 is 1.34. The first-order valence-corrected chi connectivity index (χ1v) is 14.4. The molecule has 9 heteroatoms. The lowest BCUT2D eigenvalue weighted by atomic mass is 10.2. The maximum absolute atomic E-state index is 13.2. The molecule has 0 saturated carbocycles. The Morgan fingerprint density at radius 1 is 0.972 bits per heavy atom. The fraction of sp³-hybridized carbons (Fsp3) is 0.259. The number of aryl methyl sites for hydroxylation is 1. The Hall–Kier alpha value is -3.14. The van der Waals surface area contributed by atoms with Gasteiger partial charge in [-0.15, -0.1) is 0 Å². The number of imidazole rings is 1. The van der Waals surface area contributed by atoms with Crippen molar-refractivity contribution in [3.8, 4) is 5.69 Å². The molecule has 1 aromatic heterocycles. The summed E-state index contributed by atoms with van der Waals surface area (Å²) in [4.78, 5) is 17.9. The van der Waals surface area contributed by atoms with Crippen LogP contribution >= 0.6 is 11.8 Å². The van der Waals surface area contributed by atoms with Crippen LogP contribution in [-0.4, -0.2) is 47.0 Å².